The van der Waals surface area contributed by atoms with E-state index in [0.29, 0.717) is 4.47 Å². The predicted molar refractivity (Wildman–Crippen MR) is 72.9 cm³/mol. The summed E-state index contributed by atoms with van der Waals surface area (Å²) < 4.78 is 13.3. The van der Waals surface area contributed by atoms with Gasteiger partial charge in [0.2, 0.25) is 0 Å². The van der Waals surface area contributed by atoms with Gasteiger partial charge in [-0.15, -0.1) is 0 Å². The van der Waals surface area contributed by atoms with Crippen molar-refractivity contribution >= 4 is 45.2 Å². The highest BCUT2D eigenvalue weighted by molar-refractivity contribution is 9.10. The molecule has 0 radical (unpaired) electrons. The molecular formula is C11H11BrClFN2O3. The summed E-state index contributed by atoms with van der Waals surface area (Å²) in [5.41, 5.74) is 0.212. The van der Waals surface area contributed by atoms with E-state index < -0.39 is 23.7 Å². The van der Waals surface area contributed by atoms with Gasteiger partial charge >= 0.3 is 12.0 Å². The number of urea groups is 1. The highest BCUT2D eigenvalue weighted by Crippen LogP contribution is 2.31. The normalized spacial score (nSPS) is 11.8. The molecule has 0 spiro atoms. The van der Waals surface area contributed by atoms with Crippen molar-refractivity contribution in [3.63, 3.8) is 0 Å². The Kier molecular flexibility index (Phi) is 5.56. The van der Waals surface area contributed by atoms with Crippen LogP contribution in [0.4, 0.5) is 14.9 Å². The van der Waals surface area contributed by atoms with E-state index in [2.05, 4.69) is 26.6 Å². The first-order valence-corrected chi connectivity index (χ1v) is 6.40. The molecule has 2 amide bonds. The molecule has 0 saturated carbocycles. The number of carbonyl (C=O) groups is 2. The Hall–Kier alpha value is -1.34. The van der Waals surface area contributed by atoms with Gasteiger partial charge in [-0.25, -0.2) is 9.18 Å². The molecular weight excluding hydrogens is 342 g/mol. The number of amides is 2. The SMILES string of the molecule is CC(CNC(=O)Nc1c(Cl)cc(F)cc1Br)C(=O)O. The van der Waals surface area contributed by atoms with Gasteiger partial charge in [0.25, 0.3) is 0 Å². The number of carboxylic acid groups (broad SMARTS) is 1. The lowest BCUT2D eigenvalue weighted by Gasteiger charge is -2.12. The van der Waals surface area contributed by atoms with Crippen LogP contribution in [0.25, 0.3) is 0 Å². The number of halogens is 3. The number of hydrogen-bond donors (Lipinski definition) is 3. The quantitative estimate of drug-likeness (QED) is 0.778. The van der Waals surface area contributed by atoms with E-state index in [1.807, 2.05) is 0 Å². The standard InChI is InChI=1S/C11H11BrClFN2O3/c1-5(10(17)18)4-15-11(19)16-9-7(12)2-6(14)3-8(9)13/h2-3,5H,4H2,1H3,(H,17,18)(H2,15,16,19). The van der Waals surface area contributed by atoms with Crippen molar-refractivity contribution in [3.05, 3.63) is 27.4 Å². The molecule has 1 rings (SSSR count). The van der Waals surface area contributed by atoms with Crippen LogP contribution in [0, 0.1) is 11.7 Å². The molecule has 1 aromatic rings. The van der Waals surface area contributed by atoms with Gasteiger partial charge in [0, 0.05) is 11.0 Å². The minimum absolute atomic E-state index is 0.0302. The van der Waals surface area contributed by atoms with Crippen molar-refractivity contribution in [3.8, 4) is 0 Å². The Morgan fingerprint density at radius 1 is 1.53 bits per heavy atom. The maximum Gasteiger partial charge on any atom is 0.319 e. The summed E-state index contributed by atoms with van der Waals surface area (Å²) in [6.07, 6.45) is 0. The highest BCUT2D eigenvalue weighted by Gasteiger charge is 2.14. The van der Waals surface area contributed by atoms with Gasteiger partial charge < -0.3 is 15.7 Å². The summed E-state index contributed by atoms with van der Waals surface area (Å²) in [6.45, 7) is 1.43. The van der Waals surface area contributed by atoms with Gasteiger partial charge in [-0.1, -0.05) is 18.5 Å². The van der Waals surface area contributed by atoms with Crippen molar-refractivity contribution < 1.29 is 19.1 Å². The Labute approximate surface area is 122 Å². The molecule has 5 nitrogen and oxygen atoms in total. The Bertz CT molecular complexity index is 490. The van der Waals surface area contributed by atoms with Crippen molar-refractivity contribution in [1.29, 1.82) is 0 Å². The number of anilines is 1. The minimum atomic E-state index is -1.01. The summed E-state index contributed by atoms with van der Waals surface area (Å²) in [5.74, 6) is -2.26. The maximum absolute atomic E-state index is 13.0. The van der Waals surface area contributed by atoms with E-state index in [1.165, 1.54) is 6.92 Å². The van der Waals surface area contributed by atoms with E-state index in [9.17, 15) is 14.0 Å². The van der Waals surface area contributed by atoms with Crippen LogP contribution < -0.4 is 10.6 Å². The first kappa shape index (κ1) is 15.7. The summed E-state index contributed by atoms with van der Waals surface area (Å²) in [4.78, 5) is 22.1. The number of carboxylic acids is 1. The number of benzene rings is 1. The van der Waals surface area contributed by atoms with E-state index in [4.69, 9.17) is 16.7 Å². The van der Waals surface area contributed by atoms with Gasteiger partial charge in [0.05, 0.1) is 16.6 Å². The van der Waals surface area contributed by atoms with Gasteiger partial charge in [-0.3, -0.25) is 4.79 Å². The molecule has 0 bridgehead atoms. The molecule has 8 heteroatoms. The van der Waals surface area contributed by atoms with Crippen molar-refractivity contribution in [2.24, 2.45) is 5.92 Å². The third kappa shape index (κ3) is 4.68. The lowest BCUT2D eigenvalue weighted by Crippen LogP contribution is -2.34. The number of carbonyl (C=O) groups excluding carboxylic acids is 1. The van der Waals surface area contributed by atoms with Crippen molar-refractivity contribution in [1.82, 2.24) is 5.32 Å². The Balaban J connectivity index is 2.65. The third-order valence-corrected chi connectivity index (χ3v) is 3.16. The Morgan fingerprint density at radius 2 is 2.16 bits per heavy atom. The van der Waals surface area contributed by atoms with Crippen LogP contribution in [-0.2, 0) is 4.79 Å². The molecule has 0 fully saturated rings. The topological polar surface area (TPSA) is 78.4 Å². The second-order valence-electron chi connectivity index (χ2n) is 3.82. The van der Waals surface area contributed by atoms with Crippen LogP contribution in [-0.4, -0.2) is 23.7 Å². The van der Waals surface area contributed by atoms with Gasteiger partial charge in [0.15, 0.2) is 0 Å². The lowest BCUT2D eigenvalue weighted by molar-refractivity contribution is -0.140. The van der Waals surface area contributed by atoms with Crippen molar-refractivity contribution in [2.45, 2.75) is 6.92 Å². The van der Waals surface area contributed by atoms with Crippen LogP contribution in [0.3, 0.4) is 0 Å². The molecule has 3 N–H and O–H groups in total. The Morgan fingerprint density at radius 3 is 2.68 bits per heavy atom. The van der Waals surface area contributed by atoms with Crippen LogP contribution in [0.15, 0.2) is 16.6 Å². The summed E-state index contributed by atoms with van der Waals surface area (Å²) in [6, 6.07) is 1.59. The average molecular weight is 354 g/mol. The third-order valence-electron chi connectivity index (χ3n) is 2.24. The van der Waals surface area contributed by atoms with Gasteiger partial charge in [-0.05, 0) is 28.1 Å². The fourth-order valence-electron chi connectivity index (χ4n) is 1.15. The van der Waals surface area contributed by atoms with Crippen LogP contribution in [0.1, 0.15) is 6.92 Å². The molecule has 0 aliphatic carbocycles. The number of nitrogens with one attached hydrogen (secondary N) is 2. The molecule has 0 heterocycles. The molecule has 0 aliphatic heterocycles. The molecule has 1 unspecified atom stereocenters. The zero-order valence-corrected chi connectivity index (χ0v) is 12.2. The fourth-order valence-corrected chi connectivity index (χ4v) is 2.05. The monoisotopic (exact) mass is 352 g/mol. The largest absolute Gasteiger partial charge is 0.481 e. The maximum atomic E-state index is 13.0. The first-order valence-electron chi connectivity index (χ1n) is 5.23. The summed E-state index contributed by atoms with van der Waals surface area (Å²) in [5, 5.41) is 13.5. The number of hydrogen-bond acceptors (Lipinski definition) is 2. The molecule has 0 aliphatic rings. The first-order chi connectivity index (χ1) is 8.81. The van der Waals surface area contributed by atoms with E-state index in [1.54, 1.807) is 0 Å². The van der Waals surface area contributed by atoms with E-state index in [-0.39, 0.29) is 17.3 Å². The van der Waals surface area contributed by atoms with E-state index in [0.717, 1.165) is 12.1 Å². The molecule has 0 aromatic heterocycles. The zero-order valence-electron chi connectivity index (χ0n) is 9.84. The predicted octanol–water partition coefficient (Wildman–Crippen LogP) is 3.08. The van der Waals surface area contributed by atoms with Gasteiger partial charge in [0.1, 0.15) is 5.82 Å². The second-order valence-corrected chi connectivity index (χ2v) is 5.08. The number of rotatable bonds is 4. The van der Waals surface area contributed by atoms with Crippen LogP contribution in [0.5, 0.6) is 0 Å². The van der Waals surface area contributed by atoms with E-state index >= 15 is 0 Å². The molecule has 104 valence electrons. The lowest BCUT2D eigenvalue weighted by atomic mass is 10.2. The number of aliphatic carboxylic acids is 1. The average Bonchev–Trinajstić information content (AvgIpc) is 2.30. The second kappa shape index (κ2) is 6.72. The molecule has 19 heavy (non-hydrogen) atoms. The zero-order chi connectivity index (χ0) is 14.6. The fraction of sp³-hybridized carbons (Fsp3) is 0.273. The molecule has 1 aromatic carbocycles. The summed E-state index contributed by atoms with van der Waals surface area (Å²) in [7, 11) is 0. The smallest absolute Gasteiger partial charge is 0.319 e. The molecule has 0 saturated heterocycles. The van der Waals surface area contributed by atoms with Crippen LogP contribution in [0.2, 0.25) is 5.02 Å². The highest BCUT2D eigenvalue weighted by atomic mass is 79.9. The van der Waals surface area contributed by atoms with Crippen LogP contribution >= 0.6 is 27.5 Å². The van der Waals surface area contributed by atoms with Crippen molar-refractivity contribution in [2.75, 3.05) is 11.9 Å². The molecule has 1 atom stereocenters. The van der Waals surface area contributed by atoms with Gasteiger partial charge in [-0.2, -0.15) is 0 Å². The minimum Gasteiger partial charge on any atom is -0.481 e. The summed E-state index contributed by atoms with van der Waals surface area (Å²) >= 11 is 8.85.